The van der Waals surface area contributed by atoms with Crippen molar-refractivity contribution in [3.8, 4) is 16.8 Å². The normalized spacial score (nSPS) is 15.8. The average molecular weight is 807 g/mol. The zero-order valence-electron chi connectivity index (χ0n) is 34.7. The van der Waals surface area contributed by atoms with E-state index in [-0.39, 0.29) is 0 Å². The minimum Gasteiger partial charge on any atom is -0.310 e. The molecule has 0 saturated heterocycles. The predicted molar refractivity (Wildman–Crippen MR) is 265 cm³/mol. The van der Waals surface area contributed by atoms with Gasteiger partial charge in [-0.05, 0) is 120 Å². The monoisotopic (exact) mass is 806 g/mol. The molecule has 1 atom stereocenters. The number of benzene rings is 10. The Morgan fingerprint density at radius 1 is 0.387 bits per heavy atom. The first kappa shape index (κ1) is 35.3. The third-order valence-corrected chi connectivity index (χ3v) is 17.7. The van der Waals surface area contributed by atoms with Crippen LogP contribution < -0.4 is 15.3 Å². The zero-order chi connectivity index (χ0) is 41.2. The Morgan fingerprint density at radius 3 is 1.87 bits per heavy atom. The van der Waals surface area contributed by atoms with Crippen molar-refractivity contribution in [2.24, 2.45) is 0 Å². The highest BCUT2D eigenvalue weighted by atomic mass is 28.3. The van der Waals surface area contributed by atoms with Crippen LogP contribution >= 0.6 is 0 Å². The van der Waals surface area contributed by atoms with Crippen LogP contribution in [0.4, 0.5) is 17.1 Å². The highest BCUT2D eigenvalue weighted by Crippen LogP contribution is 2.56. The van der Waals surface area contributed by atoms with Gasteiger partial charge in [-0.2, -0.15) is 0 Å². The van der Waals surface area contributed by atoms with Crippen molar-refractivity contribution >= 4 is 78.9 Å². The summed E-state index contributed by atoms with van der Waals surface area (Å²) >= 11 is 0. The molecule has 0 amide bonds. The largest absolute Gasteiger partial charge is 0.310 e. The van der Waals surface area contributed by atoms with Crippen LogP contribution in [0.2, 0.25) is 13.1 Å². The molecule has 10 aromatic carbocycles. The maximum Gasteiger partial charge on any atom is 0.113 e. The first-order valence-corrected chi connectivity index (χ1v) is 24.8. The number of hydrogen-bond acceptors (Lipinski definition) is 1. The van der Waals surface area contributed by atoms with Crippen LogP contribution in [0.3, 0.4) is 0 Å². The summed E-state index contributed by atoms with van der Waals surface area (Å²) in [6.07, 6.45) is 0. The van der Waals surface area contributed by atoms with Crippen molar-refractivity contribution in [1.29, 1.82) is 0 Å². The molecule has 1 aliphatic heterocycles. The molecule has 1 aromatic heterocycles. The van der Waals surface area contributed by atoms with Gasteiger partial charge >= 0.3 is 0 Å². The minimum absolute atomic E-state index is 0.485. The molecule has 2 aliphatic rings. The molecule has 11 aromatic rings. The van der Waals surface area contributed by atoms with E-state index in [4.69, 9.17) is 0 Å². The molecule has 292 valence electrons. The van der Waals surface area contributed by atoms with Gasteiger partial charge in [0.15, 0.2) is 0 Å². The van der Waals surface area contributed by atoms with E-state index >= 15 is 0 Å². The van der Waals surface area contributed by atoms with Crippen molar-refractivity contribution in [2.45, 2.75) is 18.5 Å². The molecule has 0 saturated carbocycles. The first-order chi connectivity index (χ1) is 30.5. The molecule has 0 N–H and O–H groups in total. The molecular weight excluding hydrogens is 765 g/mol. The standard InChI is InChI=1S/C59H42N2Si/c1-62(2)56-29-13-11-26-51(56)59(50-25-10-8-22-46(50)49-24-14-18-40-19-15-27-53(59)58(40)49)52-35-33-45(38-57(52)62)60(43-31-30-39-16-6-7-17-41(39)36-43)44-32-34-48-47-23-9-12-28-54(47)61(55(48)37-44)42-20-4-3-5-21-42/h3-38H,1-2H3. The van der Waals surface area contributed by atoms with Crippen molar-refractivity contribution in [3.05, 3.63) is 241 Å². The Labute approximate surface area is 362 Å². The second-order valence-corrected chi connectivity index (χ2v) is 22.0. The first-order valence-electron chi connectivity index (χ1n) is 21.8. The van der Waals surface area contributed by atoms with E-state index in [9.17, 15) is 0 Å². The number of aromatic nitrogens is 1. The van der Waals surface area contributed by atoms with Gasteiger partial charge in [-0.15, -0.1) is 0 Å². The topological polar surface area (TPSA) is 8.17 Å². The van der Waals surface area contributed by atoms with E-state index in [0.717, 1.165) is 17.1 Å². The molecule has 1 unspecified atom stereocenters. The van der Waals surface area contributed by atoms with E-state index < -0.39 is 13.5 Å². The lowest BCUT2D eigenvalue weighted by molar-refractivity contribution is 0.754. The Hall–Kier alpha value is -7.46. The van der Waals surface area contributed by atoms with Gasteiger partial charge in [0.2, 0.25) is 0 Å². The zero-order valence-corrected chi connectivity index (χ0v) is 35.7. The van der Waals surface area contributed by atoms with Crippen LogP contribution in [0.1, 0.15) is 22.3 Å². The quantitative estimate of drug-likeness (QED) is 0.161. The molecule has 2 nitrogen and oxygen atoms in total. The molecule has 0 radical (unpaired) electrons. The third-order valence-electron chi connectivity index (χ3n) is 14.2. The lowest BCUT2D eigenvalue weighted by Crippen LogP contribution is -2.63. The van der Waals surface area contributed by atoms with Crippen molar-refractivity contribution in [1.82, 2.24) is 4.57 Å². The minimum atomic E-state index is -2.31. The Bertz CT molecular complexity index is 3630. The van der Waals surface area contributed by atoms with Crippen LogP contribution in [0.5, 0.6) is 0 Å². The Morgan fingerprint density at radius 2 is 0.984 bits per heavy atom. The van der Waals surface area contributed by atoms with Crippen molar-refractivity contribution < 1.29 is 0 Å². The van der Waals surface area contributed by atoms with Gasteiger partial charge < -0.3 is 9.47 Å². The highest BCUT2D eigenvalue weighted by molar-refractivity contribution is 7.01. The van der Waals surface area contributed by atoms with Crippen molar-refractivity contribution in [3.63, 3.8) is 0 Å². The Balaban J connectivity index is 1.11. The molecule has 3 heteroatoms. The summed E-state index contributed by atoms with van der Waals surface area (Å²) in [4.78, 5) is 2.50. The van der Waals surface area contributed by atoms with Gasteiger partial charge in [-0.1, -0.05) is 177 Å². The fourth-order valence-corrected chi connectivity index (χ4v) is 14.7. The maximum absolute atomic E-state index is 2.58. The maximum atomic E-state index is 2.58. The van der Waals surface area contributed by atoms with Gasteiger partial charge in [0, 0.05) is 33.5 Å². The molecule has 0 bridgehead atoms. The molecular formula is C59H42N2Si. The lowest BCUT2D eigenvalue weighted by atomic mass is 9.59. The lowest BCUT2D eigenvalue weighted by Gasteiger charge is -2.50. The summed E-state index contributed by atoms with van der Waals surface area (Å²) in [5, 5.41) is 10.6. The predicted octanol–water partition coefficient (Wildman–Crippen LogP) is 14.1. The summed E-state index contributed by atoms with van der Waals surface area (Å²) in [7, 11) is -2.31. The van der Waals surface area contributed by atoms with E-state index in [1.54, 1.807) is 0 Å². The second-order valence-electron chi connectivity index (χ2n) is 17.7. The number of nitrogens with zero attached hydrogens (tertiary/aromatic N) is 2. The van der Waals surface area contributed by atoms with E-state index in [0.29, 0.717) is 0 Å². The number of anilines is 3. The van der Waals surface area contributed by atoms with E-state index in [2.05, 4.69) is 241 Å². The van der Waals surface area contributed by atoms with E-state index in [1.807, 2.05) is 0 Å². The number of rotatable bonds is 4. The van der Waals surface area contributed by atoms with Crippen LogP contribution in [0.15, 0.2) is 218 Å². The van der Waals surface area contributed by atoms with Crippen LogP contribution in [0, 0.1) is 0 Å². The molecule has 0 fully saturated rings. The SMILES string of the molecule is C[Si]1(C)c2ccccc2C2(c3ccccc3-c3cccc4cccc2c34)c2ccc(N(c3ccc4ccccc4c3)c3ccc4c5ccccc5n(-c5ccccc5)c4c3)cc21. The molecule has 13 rings (SSSR count). The highest BCUT2D eigenvalue weighted by Gasteiger charge is 2.52. The molecule has 1 spiro atoms. The van der Waals surface area contributed by atoms with Gasteiger partial charge in [-0.25, -0.2) is 0 Å². The van der Waals surface area contributed by atoms with Gasteiger partial charge in [0.25, 0.3) is 0 Å². The summed E-state index contributed by atoms with van der Waals surface area (Å²) in [5.41, 5.74) is 14.7. The Kier molecular flexibility index (Phi) is 7.41. The van der Waals surface area contributed by atoms with Crippen LogP contribution in [-0.2, 0) is 5.41 Å². The fourth-order valence-electron chi connectivity index (χ4n) is 11.5. The molecule has 1 aliphatic carbocycles. The second kappa shape index (κ2) is 13.0. The summed E-state index contributed by atoms with van der Waals surface area (Å²) in [5.74, 6) is 0. The number of para-hydroxylation sites is 2. The molecule has 2 heterocycles. The summed E-state index contributed by atoms with van der Waals surface area (Å²) < 4.78 is 2.43. The third kappa shape index (κ3) is 4.74. The number of fused-ring (bicyclic) bond motifs is 12. The fraction of sp³-hybridized carbons (Fsp3) is 0.0508. The van der Waals surface area contributed by atoms with Gasteiger partial charge in [0.1, 0.15) is 8.07 Å². The van der Waals surface area contributed by atoms with Crippen molar-refractivity contribution in [2.75, 3.05) is 4.90 Å². The van der Waals surface area contributed by atoms with Crippen LogP contribution in [-0.4, -0.2) is 12.6 Å². The van der Waals surface area contributed by atoms with Gasteiger partial charge in [-0.3, -0.25) is 0 Å². The smallest absolute Gasteiger partial charge is 0.113 e. The number of hydrogen-bond donors (Lipinski definition) is 0. The summed E-state index contributed by atoms with van der Waals surface area (Å²) in [6, 6.07) is 82.2. The van der Waals surface area contributed by atoms with E-state index in [1.165, 1.54) is 92.8 Å². The molecule has 62 heavy (non-hydrogen) atoms. The van der Waals surface area contributed by atoms with Crippen LogP contribution in [0.25, 0.3) is 60.2 Å². The van der Waals surface area contributed by atoms with Gasteiger partial charge in [0.05, 0.1) is 16.4 Å². The average Bonchev–Trinajstić information content (AvgIpc) is 3.66. The summed E-state index contributed by atoms with van der Waals surface area (Å²) in [6.45, 7) is 5.13.